The molecule has 1 aliphatic rings. The minimum atomic E-state index is -0.422. The molecule has 0 aliphatic carbocycles. The number of hydrogen-bond donors (Lipinski definition) is 1. The number of piperazine rings is 1. The number of unbranched alkanes of at least 4 members (excludes halogenated alkanes) is 2. The van der Waals surface area contributed by atoms with Crippen molar-refractivity contribution in [1.82, 2.24) is 10.2 Å². The number of nitrogens with one attached hydrogen (secondary N) is 1. The highest BCUT2D eigenvalue weighted by molar-refractivity contribution is 5.85. The van der Waals surface area contributed by atoms with Crippen LogP contribution in [0.5, 0.6) is 0 Å². The molecule has 3 nitrogen and oxygen atoms in total. The molecular formula is C17H26Cl2FN3. The monoisotopic (exact) mass is 361 g/mol. The van der Waals surface area contributed by atoms with Crippen LogP contribution in [0.1, 0.15) is 49.8 Å². The summed E-state index contributed by atoms with van der Waals surface area (Å²) >= 11 is 0. The Labute approximate surface area is 151 Å². The van der Waals surface area contributed by atoms with E-state index in [1.54, 1.807) is 6.07 Å². The van der Waals surface area contributed by atoms with Gasteiger partial charge in [-0.1, -0.05) is 32.3 Å². The molecule has 2 rings (SSSR count). The van der Waals surface area contributed by atoms with Gasteiger partial charge in [0.1, 0.15) is 11.9 Å². The van der Waals surface area contributed by atoms with Gasteiger partial charge in [0, 0.05) is 32.2 Å². The van der Waals surface area contributed by atoms with Gasteiger partial charge in [-0.05, 0) is 24.1 Å². The molecule has 0 unspecified atom stereocenters. The summed E-state index contributed by atoms with van der Waals surface area (Å²) in [6, 6.07) is 7.26. The fraction of sp³-hybridized carbons (Fsp3) is 0.588. The zero-order valence-electron chi connectivity index (χ0n) is 13.6. The van der Waals surface area contributed by atoms with Gasteiger partial charge in [-0.2, -0.15) is 5.26 Å². The Bertz CT molecular complexity index is 499. The summed E-state index contributed by atoms with van der Waals surface area (Å²) in [6.45, 7) is 6.21. The average molecular weight is 362 g/mol. The lowest BCUT2D eigenvalue weighted by Crippen LogP contribution is -2.45. The van der Waals surface area contributed by atoms with Crippen LogP contribution in [-0.2, 0) is 0 Å². The zero-order valence-corrected chi connectivity index (χ0v) is 15.2. The van der Waals surface area contributed by atoms with Crippen molar-refractivity contribution < 1.29 is 4.39 Å². The molecule has 0 radical (unpaired) electrons. The second kappa shape index (κ2) is 11.6. The number of hydrogen-bond acceptors (Lipinski definition) is 3. The lowest BCUT2D eigenvalue weighted by Gasteiger charge is -2.35. The number of rotatable bonds is 6. The Morgan fingerprint density at radius 2 is 1.96 bits per heavy atom. The summed E-state index contributed by atoms with van der Waals surface area (Å²) in [5.41, 5.74) is 1.23. The fourth-order valence-corrected chi connectivity index (χ4v) is 2.98. The minimum Gasteiger partial charge on any atom is -0.314 e. The molecule has 1 heterocycles. The number of nitriles is 1. The van der Waals surface area contributed by atoms with Crippen molar-refractivity contribution >= 4 is 24.8 Å². The average Bonchev–Trinajstić information content (AvgIpc) is 2.53. The molecule has 0 saturated carbocycles. The summed E-state index contributed by atoms with van der Waals surface area (Å²) in [5, 5.41) is 12.4. The summed E-state index contributed by atoms with van der Waals surface area (Å²) in [6.07, 6.45) is 4.66. The Morgan fingerprint density at radius 3 is 2.57 bits per heavy atom. The summed E-state index contributed by atoms with van der Waals surface area (Å²) in [5.74, 6) is -0.422. The maximum absolute atomic E-state index is 13.5. The van der Waals surface area contributed by atoms with E-state index in [1.165, 1.54) is 25.3 Å². The van der Waals surface area contributed by atoms with Crippen molar-refractivity contribution in [3.63, 3.8) is 0 Å². The third-order valence-electron chi connectivity index (χ3n) is 4.17. The van der Waals surface area contributed by atoms with Gasteiger partial charge < -0.3 is 5.32 Å². The first kappa shape index (κ1) is 22.1. The standard InChI is InChI=1S/C17H24FN3.2ClH/c1-2-3-4-5-17(21-10-8-20-9-11-21)14-6-7-16(18)15(12-14)13-19;;/h6-7,12,17,20H,2-5,8-11H2,1H3;2*1H/t17-;;/m0../s1. The molecule has 1 atom stereocenters. The quantitative estimate of drug-likeness (QED) is 0.776. The zero-order chi connectivity index (χ0) is 15.1. The van der Waals surface area contributed by atoms with Crippen LogP contribution < -0.4 is 5.32 Å². The Hall–Kier alpha value is -0.860. The largest absolute Gasteiger partial charge is 0.314 e. The SMILES string of the molecule is CCCCC[C@@H](c1ccc(F)c(C#N)c1)N1CCNCC1.Cl.Cl. The smallest absolute Gasteiger partial charge is 0.140 e. The van der Waals surface area contributed by atoms with Gasteiger partial charge in [0.2, 0.25) is 0 Å². The van der Waals surface area contributed by atoms with Gasteiger partial charge in [-0.3, -0.25) is 4.90 Å². The van der Waals surface area contributed by atoms with Crippen LogP contribution in [-0.4, -0.2) is 31.1 Å². The van der Waals surface area contributed by atoms with Crippen molar-refractivity contribution in [1.29, 1.82) is 5.26 Å². The van der Waals surface area contributed by atoms with Gasteiger partial charge in [-0.15, -0.1) is 24.8 Å². The predicted molar refractivity (Wildman–Crippen MR) is 96.9 cm³/mol. The summed E-state index contributed by atoms with van der Waals surface area (Å²) in [7, 11) is 0. The maximum atomic E-state index is 13.5. The van der Waals surface area contributed by atoms with Crippen LogP contribution in [0.2, 0.25) is 0 Å². The number of halogens is 3. The Balaban J connectivity index is 0.00000242. The molecule has 0 spiro atoms. The van der Waals surface area contributed by atoms with Gasteiger partial charge >= 0.3 is 0 Å². The van der Waals surface area contributed by atoms with E-state index in [-0.39, 0.29) is 30.4 Å². The Morgan fingerprint density at radius 1 is 1.26 bits per heavy atom. The van der Waals surface area contributed by atoms with Crippen molar-refractivity contribution in [3.05, 3.63) is 35.1 Å². The van der Waals surface area contributed by atoms with Crippen LogP contribution in [0.3, 0.4) is 0 Å². The van der Waals surface area contributed by atoms with Gasteiger partial charge in [-0.25, -0.2) is 4.39 Å². The second-order valence-corrected chi connectivity index (χ2v) is 5.65. The highest BCUT2D eigenvalue weighted by Gasteiger charge is 2.22. The molecule has 1 aromatic rings. The van der Waals surface area contributed by atoms with Gasteiger partial charge in [0.15, 0.2) is 0 Å². The molecule has 23 heavy (non-hydrogen) atoms. The number of benzene rings is 1. The normalized spacial score (nSPS) is 15.9. The van der Waals surface area contributed by atoms with E-state index in [0.717, 1.165) is 38.2 Å². The van der Waals surface area contributed by atoms with E-state index in [4.69, 9.17) is 5.26 Å². The molecule has 0 amide bonds. The van der Waals surface area contributed by atoms with E-state index in [0.29, 0.717) is 6.04 Å². The minimum absolute atomic E-state index is 0. The summed E-state index contributed by atoms with van der Waals surface area (Å²) < 4.78 is 13.5. The van der Waals surface area contributed by atoms with Gasteiger partial charge in [0.05, 0.1) is 5.56 Å². The molecule has 6 heteroatoms. The predicted octanol–water partition coefficient (Wildman–Crippen LogP) is 4.07. The molecule has 1 N–H and O–H groups in total. The fourth-order valence-electron chi connectivity index (χ4n) is 2.98. The highest BCUT2D eigenvalue weighted by Crippen LogP contribution is 2.28. The maximum Gasteiger partial charge on any atom is 0.140 e. The van der Waals surface area contributed by atoms with E-state index in [1.807, 2.05) is 12.1 Å². The van der Waals surface area contributed by atoms with Crippen LogP contribution in [0.4, 0.5) is 4.39 Å². The van der Waals surface area contributed by atoms with E-state index in [2.05, 4.69) is 17.1 Å². The van der Waals surface area contributed by atoms with Crippen molar-refractivity contribution in [3.8, 4) is 6.07 Å². The molecule has 0 aromatic heterocycles. The lowest BCUT2D eigenvalue weighted by atomic mass is 9.96. The second-order valence-electron chi connectivity index (χ2n) is 5.65. The first-order valence-corrected chi connectivity index (χ1v) is 7.90. The lowest BCUT2D eigenvalue weighted by molar-refractivity contribution is 0.162. The van der Waals surface area contributed by atoms with E-state index in [9.17, 15) is 4.39 Å². The summed E-state index contributed by atoms with van der Waals surface area (Å²) in [4.78, 5) is 2.46. The Kier molecular flexibility index (Phi) is 11.2. The van der Waals surface area contributed by atoms with Crippen LogP contribution in [0.25, 0.3) is 0 Å². The molecule has 0 bridgehead atoms. The van der Waals surface area contributed by atoms with E-state index < -0.39 is 5.82 Å². The third-order valence-corrected chi connectivity index (χ3v) is 4.17. The first-order chi connectivity index (χ1) is 10.3. The molecular weight excluding hydrogens is 336 g/mol. The molecule has 1 aromatic carbocycles. The molecule has 1 aliphatic heterocycles. The van der Waals surface area contributed by atoms with Crippen molar-refractivity contribution in [2.45, 2.75) is 38.6 Å². The van der Waals surface area contributed by atoms with Crippen molar-refractivity contribution in [2.24, 2.45) is 0 Å². The highest BCUT2D eigenvalue weighted by atomic mass is 35.5. The topological polar surface area (TPSA) is 39.1 Å². The molecule has 130 valence electrons. The molecule has 1 saturated heterocycles. The molecule has 1 fully saturated rings. The van der Waals surface area contributed by atoms with Crippen LogP contribution in [0, 0.1) is 17.1 Å². The van der Waals surface area contributed by atoms with Crippen LogP contribution in [0.15, 0.2) is 18.2 Å². The van der Waals surface area contributed by atoms with Gasteiger partial charge in [0.25, 0.3) is 0 Å². The first-order valence-electron chi connectivity index (χ1n) is 7.90. The number of nitrogens with zero attached hydrogens (tertiary/aromatic N) is 2. The third kappa shape index (κ3) is 6.27. The van der Waals surface area contributed by atoms with Crippen molar-refractivity contribution in [2.75, 3.05) is 26.2 Å². The van der Waals surface area contributed by atoms with Crippen LogP contribution >= 0.6 is 24.8 Å². The van der Waals surface area contributed by atoms with E-state index >= 15 is 0 Å².